The third kappa shape index (κ3) is 12.2. The monoisotopic (exact) mass is 394 g/mol. The number of carbonyl (C=O) groups is 4. The number of hydrazine groups is 1. The highest BCUT2D eigenvalue weighted by molar-refractivity contribution is 5.87. The molecule has 2 unspecified atom stereocenters. The summed E-state index contributed by atoms with van der Waals surface area (Å²) in [4.78, 5) is 45.3. The Kier molecular flexibility index (Phi) is 13.2. The summed E-state index contributed by atoms with van der Waals surface area (Å²) >= 11 is 0. The Morgan fingerprint density at radius 2 is 1.04 bits per heavy atom. The molecule has 0 aromatic carbocycles. The van der Waals surface area contributed by atoms with Crippen LogP contribution in [0.25, 0.3) is 0 Å². The van der Waals surface area contributed by atoms with Crippen molar-refractivity contribution in [2.24, 2.45) is 0 Å². The van der Waals surface area contributed by atoms with E-state index in [-0.39, 0.29) is 26.3 Å². The molecule has 0 aliphatic rings. The number of esters is 2. The van der Waals surface area contributed by atoms with Crippen molar-refractivity contribution >= 4 is 23.8 Å². The van der Waals surface area contributed by atoms with Gasteiger partial charge in [0, 0.05) is 25.2 Å². The van der Waals surface area contributed by atoms with Crippen molar-refractivity contribution in [1.82, 2.24) is 21.5 Å². The van der Waals surface area contributed by atoms with Crippen LogP contribution in [0.15, 0.2) is 50.6 Å². The molecule has 0 aliphatic heterocycles. The van der Waals surface area contributed by atoms with Crippen LogP contribution in [0.3, 0.4) is 0 Å². The number of ether oxygens (including phenoxy) is 2. The van der Waals surface area contributed by atoms with E-state index in [1.807, 2.05) is 0 Å². The molecule has 0 heterocycles. The first kappa shape index (κ1) is 24.8. The Labute approximate surface area is 163 Å². The predicted molar refractivity (Wildman–Crippen MR) is 103 cm³/mol. The molecule has 10 heteroatoms. The third-order valence-electron chi connectivity index (χ3n) is 3.07. The van der Waals surface area contributed by atoms with Crippen molar-refractivity contribution in [2.45, 2.75) is 12.1 Å². The van der Waals surface area contributed by atoms with Gasteiger partial charge in [0.2, 0.25) is 11.8 Å². The van der Waals surface area contributed by atoms with E-state index in [1.54, 1.807) is 0 Å². The summed E-state index contributed by atoms with van der Waals surface area (Å²) in [6, 6.07) is -1.11. The van der Waals surface area contributed by atoms with Gasteiger partial charge < -0.3 is 20.1 Å². The van der Waals surface area contributed by atoms with E-state index >= 15 is 0 Å². The normalized spacial score (nSPS) is 11.9. The van der Waals surface area contributed by atoms with Gasteiger partial charge in [-0.3, -0.25) is 20.4 Å². The van der Waals surface area contributed by atoms with E-state index in [4.69, 9.17) is 9.47 Å². The number of amides is 2. The van der Waals surface area contributed by atoms with E-state index in [9.17, 15) is 19.2 Å². The van der Waals surface area contributed by atoms with Crippen molar-refractivity contribution in [3.63, 3.8) is 0 Å². The maximum absolute atomic E-state index is 11.5. The molecule has 2 amide bonds. The molecular formula is C18H26N4O6. The van der Waals surface area contributed by atoms with E-state index in [0.29, 0.717) is 0 Å². The van der Waals surface area contributed by atoms with E-state index in [2.05, 4.69) is 47.8 Å². The second kappa shape index (κ2) is 14.9. The van der Waals surface area contributed by atoms with Crippen LogP contribution in [0, 0.1) is 0 Å². The lowest BCUT2D eigenvalue weighted by Gasteiger charge is -2.21. The van der Waals surface area contributed by atoms with Gasteiger partial charge in [0.25, 0.3) is 0 Å². The molecule has 0 rings (SSSR count). The molecule has 10 nitrogen and oxygen atoms in total. The van der Waals surface area contributed by atoms with Gasteiger partial charge >= 0.3 is 11.9 Å². The summed E-state index contributed by atoms with van der Waals surface area (Å²) < 4.78 is 9.83. The second-order valence-corrected chi connectivity index (χ2v) is 5.25. The summed E-state index contributed by atoms with van der Waals surface area (Å²) in [5.74, 6) is -2.12. The van der Waals surface area contributed by atoms with Crippen LogP contribution in [-0.4, -0.2) is 62.1 Å². The van der Waals surface area contributed by atoms with Gasteiger partial charge in [-0.25, -0.2) is 9.59 Å². The highest BCUT2D eigenvalue weighted by Crippen LogP contribution is 1.90. The minimum atomic E-state index is -0.623. The minimum absolute atomic E-state index is 0.0906. The zero-order chi connectivity index (χ0) is 21.4. The zero-order valence-corrected chi connectivity index (χ0v) is 15.6. The molecule has 0 radical (unpaired) electrons. The average molecular weight is 394 g/mol. The van der Waals surface area contributed by atoms with Crippen LogP contribution in [0.5, 0.6) is 0 Å². The molecule has 0 aromatic rings. The quantitative estimate of drug-likeness (QED) is 0.119. The van der Waals surface area contributed by atoms with Gasteiger partial charge in [-0.2, -0.15) is 0 Å². The zero-order valence-electron chi connectivity index (χ0n) is 15.6. The first-order chi connectivity index (χ1) is 13.4. The number of carbonyl (C=O) groups excluding carboxylic acids is 4. The molecule has 2 atom stereocenters. The van der Waals surface area contributed by atoms with Crippen molar-refractivity contribution in [1.29, 1.82) is 0 Å². The van der Waals surface area contributed by atoms with Crippen LogP contribution in [0.4, 0.5) is 0 Å². The molecule has 0 saturated carbocycles. The van der Waals surface area contributed by atoms with Gasteiger partial charge in [-0.05, 0) is 12.2 Å². The number of nitrogens with one attached hydrogen (secondary N) is 4. The first-order valence-electron chi connectivity index (χ1n) is 8.26. The Bertz CT molecular complexity index is 553. The Hall–Kier alpha value is -3.24. The second-order valence-electron chi connectivity index (χ2n) is 5.25. The van der Waals surface area contributed by atoms with Crippen molar-refractivity contribution in [3.8, 4) is 0 Å². The molecule has 0 fully saturated rings. The number of hydrogen-bond acceptors (Lipinski definition) is 8. The van der Waals surface area contributed by atoms with Crippen molar-refractivity contribution in [3.05, 3.63) is 50.6 Å². The Morgan fingerprint density at radius 3 is 1.32 bits per heavy atom. The lowest BCUT2D eigenvalue weighted by molar-refractivity contribution is -0.139. The van der Waals surface area contributed by atoms with Gasteiger partial charge in [0.1, 0.15) is 13.2 Å². The van der Waals surface area contributed by atoms with Crippen molar-refractivity contribution in [2.75, 3.05) is 26.3 Å². The molecule has 0 aromatic heterocycles. The molecule has 0 spiro atoms. The van der Waals surface area contributed by atoms with Gasteiger partial charge in [-0.1, -0.05) is 26.3 Å². The number of hydrogen-bond donors (Lipinski definition) is 4. The molecule has 0 aliphatic carbocycles. The lowest BCUT2D eigenvalue weighted by atomic mass is 10.3. The number of rotatable bonds is 15. The summed E-state index contributed by atoms with van der Waals surface area (Å²) in [5.41, 5.74) is 5.65. The van der Waals surface area contributed by atoms with Crippen LogP contribution < -0.4 is 21.5 Å². The summed E-state index contributed by atoms with van der Waals surface area (Å²) in [6.45, 7) is 13.5. The summed E-state index contributed by atoms with van der Waals surface area (Å²) in [5, 5.41) is 5.18. The average Bonchev–Trinajstić information content (AvgIpc) is 2.71. The SMILES string of the molecule is C=CC(=O)NC(CNNCC(COC(=O)C=C)NC(=O)C=C)COC(=O)C=C. The molecule has 0 saturated heterocycles. The fourth-order valence-corrected chi connectivity index (χ4v) is 1.70. The highest BCUT2D eigenvalue weighted by Gasteiger charge is 2.15. The van der Waals surface area contributed by atoms with Crippen LogP contribution in [0.1, 0.15) is 0 Å². The van der Waals surface area contributed by atoms with Crippen LogP contribution in [0.2, 0.25) is 0 Å². The van der Waals surface area contributed by atoms with Gasteiger partial charge in [-0.15, -0.1) is 0 Å². The largest absolute Gasteiger partial charge is 0.460 e. The summed E-state index contributed by atoms with van der Waals surface area (Å²) in [6.07, 6.45) is 4.19. The Morgan fingerprint density at radius 1 is 0.679 bits per heavy atom. The standard InChI is InChI=1S/C18H26N4O6/c1-5-15(23)21-13(11-27-17(25)7-3)9-19-20-10-14(22-16(24)6-2)12-28-18(26)8-4/h5-8,13-14,19-20H,1-4,9-12H2,(H,21,23)(H,22,24). The fourth-order valence-electron chi connectivity index (χ4n) is 1.70. The maximum Gasteiger partial charge on any atom is 0.330 e. The smallest absolute Gasteiger partial charge is 0.330 e. The molecule has 28 heavy (non-hydrogen) atoms. The van der Waals surface area contributed by atoms with E-state index in [0.717, 1.165) is 24.3 Å². The van der Waals surface area contributed by atoms with Gasteiger partial charge in [0.15, 0.2) is 0 Å². The Balaban J connectivity index is 4.55. The van der Waals surface area contributed by atoms with E-state index < -0.39 is 35.8 Å². The highest BCUT2D eigenvalue weighted by atomic mass is 16.5. The summed E-state index contributed by atoms with van der Waals surface area (Å²) in [7, 11) is 0. The first-order valence-corrected chi connectivity index (χ1v) is 8.26. The molecule has 0 bridgehead atoms. The lowest BCUT2D eigenvalue weighted by Crippen LogP contribution is -2.52. The third-order valence-corrected chi connectivity index (χ3v) is 3.07. The van der Waals surface area contributed by atoms with Crippen molar-refractivity contribution < 1.29 is 28.7 Å². The molecular weight excluding hydrogens is 368 g/mol. The maximum atomic E-state index is 11.5. The molecule has 4 N–H and O–H groups in total. The molecule has 154 valence electrons. The van der Waals surface area contributed by atoms with E-state index in [1.165, 1.54) is 0 Å². The van der Waals surface area contributed by atoms with Crippen LogP contribution in [-0.2, 0) is 28.7 Å². The topological polar surface area (TPSA) is 135 Å². The van der Waals surface area contributed by atoms with Crippen LogP contribution >= 0.6 is 0 Å². The van der Waals surface area contributed by atoms with Gasteiger partial charge in [0.05, 0.1) is 12.1 Å². The predicted octanol–water partition coefficient (Wildman–Crippen LogP) is -1.12. The fraction of sp³-hybridized carbons (Fsp3) is 0.333. The minimum Gasteiger partial charge on any atom is -0.460 e.